The lowest BCUT2D eigenvalue weighted by Gasteiger charge is -2.36. The smallest absolute Gasteiger partial charge is 0.236 e. The van der Waals surface area contributed by atoms with Crippen LogP contribution in [-0.2, 0) is 4.79 Å². The molecule has 1 N–H and O–H groups in total. The lowest BCUT2D eigenvalue weighted by molar-refractivity contribution is -0.404. The maximum absolute atomic E-state index is 11.8. The van der Waals surface area contributed by atoms with Gasteiger partial charge in [0.1, 0.15) is 11.4 Å². The van der Waals surface area contributed by atoms with Crippen molar-refractivity contribution in [1.29, 1.82) is 0 Å². The van der Waals surface area contributed by atoms with E-state index in [1.165, 1.54) is 6.92 Å². The Kier molecular flexibility index (Phi) is 4.03. The molecule has 0 spiro atoms. The first kappa shape index (κ1) is 13.8. The lowest BCUT2D eigenvalue weighted by Crippen LogP contribution is -2.46. The van der Waals surface area contributed by atoms with Crippen LogP contribution in [0.25, 0.3) is 0 Å². The molecule has 0 aromatic carbocycles. The van der Waals surface area contributed by atoms with Crippen molar-refractivity contribution in [2.24, 2.45) is 11.8 Å². The SMILES string of the molecule is C/C(=C\[N+](=O)[O-])[C@@](O)(C(C)C)[C@H]1CCCC1=O. The number of rotatable bonds is 4. The fourth-order valence-electron chi connectivity index (χ4n) is 2.68. The molecule has 0 radical (unpaired) electrons. The Morgan fingerprint density at radius 3 is 2.59 bits per heavy atom. The van der Waals surface area contributed by atoms with Gasteiger partial charge in [-0.05, 0) is 25.7 Å². The van der Waals surface area contributed by atoms with Crippen LogP contribution in [0.4, 0.5) is 0 Å². The molecule has 1 fully saturated rings. The van der Waals surface area contributed by atoms with Crippen LogP contribution >= 0.6 is 0 Å². The van der Waals surface area contributed by atoms with Crippen molar-refractivity contribution in [2.75, 3.05) is 0 Å². The van der Waals surface area contributed by atoms with Crippen molar-refractivity contribution in [3.8, 4) is 0 Å². The molecule has 0 amide bonds. The molecule has 5 heteroatoms. The van der Waals surface area contributed by atoms with Gasteiger partial charge >= 0.3 is 0 Å². The van der Waals surface area contributed by atoms with E-state index < -0.39 is 16.4 Å². The zero-order valence-corrected chi connectivity index (χ0v) is 10.5. The van der Waals surface area contributed by atoms with Crippen molar-refractivity contribution in [3.05, 3.63) is 21.9 Å². The molecule has 0 bridgehead atoms. The zero-order valence-electron chi connectivity index (χ0n) is 10.5. The maximum Gasteiger partial charge on any atom is 0.236 e. The van der Waals surface area contributed by atoms with Crippen LogP contribution in [-0.4, -0.2) is 21.4 Å². The number of aliphatic hydroxyl groups is 1. The van der Waals surface area contributed by atoms with Gasteiger partial charge in [0.25, 0.3) is 0 Å². The third kappa shape index (κ3) is 2.54. The van der Waals surface area contributed by atoms with Gasteiger partial charge in [0.05, 0.1) is 10.8 Å². The van der Waals surface area contributed by atoms with Crippen LogP contribution in [0.1, 0.15) is 40.0 Å². The summed E-state index contributed by atoms with van der Waals surface area (Å²) in [6, 6.07) is 0. The fraction of sp³-hybridized carbons (Fsp3) is 0.750. The fourth-order valence-corrected chi connectivity index (χ4v) is 2.68. The summed E-state index contributed by atoms with van der Waals surface area (Å²) in [7, 11) is 0. The highest BCUT2D eigenvalue weighted by atomic mass is 16.6. The van der Waals surface area contributed by atoms with E-state index in [1.807, 2.05) is 0 Å². The predicted molar refractivity (Wildman–Crippen MR) is 62.9 cm³/mol. The predicted octanol–water partition coefficient (Wildman–Crippen LogP) is 1.92. The summed E-state index contributed by atoms with van der Waals surface area (Å²) in [5.74, 6) is -0.721. The van der Waals surface area contributed by atoms with E-state index in [2.05, 4.69) is 0 Å². The Morgan fingerprint density at radius 2 is 2.24 bits per heavy atom. The molecule has 1 rings (SSSR count). The van der Waals surface area contributed by atoms with E-state index >= 15 is 0 Å². The highest BCUT2D eigenvalue weighted by Gasteiger charge is 2.47. The lowest BCUT2D eigenvalue weighted by atomic mass is 9.73. The second kappa shape index (κ2) is 4.96. The van der Waals surface area contributed by atoms with Crippen LogP contribution in [0, 0.1) is 22.0 Å². The molecule has 1 aliphatic carbocycles. The molecule has 17 heavy (non-hydrogen) atoms. The van der Waals surface area contributed by atoms with Gasteiger partial charge in [-0.15, -0.1) is 0 Å². The summed E-state index contributed by atoms with van der Waals surface area (Å²) in [6.07, 6.45) is 2.64. The second-order valence-electron chi connectivity index (χ2n) is 4.99. The first-order valence-electron chi connectivity index (χ1n) is 5.87. The molecule has 0 heterocycles. The summed E-state index contributed by atoms with van der Waals surface area (Å²) >= 11 is 0. The molecule has 2 atom stereocenters. The quantitative estimate of drug-likeness (QED) is 0.602. The Morgan fingerprint density at radius 1 is 1.65 bits per heavy atom. The second-order valence-corrected chi connectivity index (χ2v) is 4.99. The van der Waals surface area contributed by atoms with E-state index in [1.54, 1.807) is 13.8 Å². The first-order valence-corrected chi connectivity index (χ1v) is 5.87. The van der Waals surface area contributed by atoms with Gasteiger partial charge in [0, 0.05) is 12.0 Å². The maximum atomic E-state index is 11.8. The largest absolute Gasteiger partial charge is 0.384 e. The summed E-state index contributed by atoms with van der Waals surface area (Å²) in [6.45, 7) is 5.08. The minimum atomic E-state index is -1.39. The number of hydrogen-bond acceptors (Lipinski definition) is 4. The van der Waals surface area contributed by atoms with Crippen LogP contribution in [0.2, 0.25) is 0 Å². The molecular weight excluding hydrogens is 222 g/mol. The Hall–Kier alpha value is -1.23. The number of nitro groups is 1. The number of carbonyl (C=O) groups is 1. The van der Waals surface area contributed by atoms with Crippen LogP contribution in [0.3, 0.4) is 0 Å². The van der Waals surface area contributed by atoms with Gasteiger partial charge < -0.3 is 5.11 Å². The van der Waals surface area contributed by atoms with Crippen molar-refractivity contribution in [1.82, 2.24) is 0 Å². The third-order valence-electron chi connectivity index (χ3n) is 3.65. The topological polar surface area (TPSA) is 80.4 Å². The molecule has 0 saturated heterocycles. The van der Waals surface area contributed by atoms with Gasteiger partial charge in [-0.1, -0.05) is 13.8 Å². The Labute approximate surface area is 101 Å². The Bertz CT molecular complexity index is 362. The molecule has 0 aromatic heterocycles. The molecule has 96 valence electrons. The third-order valence-corrected chi connectivity index (χ3v) is 3.65. The van der Waals surface area contributed by atoms with Crippen molar-refractivity contribution < 1.29 is 14.8 Å². The van der Waals surface area contributed by atoms with Gasteiger partial charge in [-0.25, -0.2) is 0 Å². The standard InChI is InChI=1S/C12H19NO4/c1-8(2)12(15,9(3)7-13(16)17)10-5-4-6-11(10)14/h7-8,10,15H,4-6H2,1-3H3/b9-7+/t10-,12-/m0/s1. The highest BCUT2D eigenvalue weighted by molar-refractivity contribution is 5.84. The van der Waals surface area contributed by atoms with Crippen molar-refractivity contribution >= 4 is 5.78 Å². The van der Waals surface area contributed by atoms with Gasteiger partial charge in [0.2, 0.25) is 6.20 Å². The average molecular weight is 241 g/mol. The normalized spacial score (nSPS) is 25.1. The van der Waals surface area contributed by atoms with Crippen LogP contribution in [0.5, 0.6) is 0 Å². The van der Waals surface area contributed by atoms with E-state index in [9.17, 15) is 20.0 Å². The average Bonchev–Trinajstić information content (AvgIpc) is 2.62. The van der Waals surface area contributed by atoms with Crippen LogP contribution in [0.15, 0.2) is 11.8 Å². The molecule has 0 unspecified atom stereocenters. The van der Waals surface area contributed by atoms with E-state index in [4.69, 9.17) is 0 Å². The minimum absolute atomic E-state index is 0.0114. The minimum Gasteiger partial charge on any atom is -0.384 e. The summed E-state index contributed by atoms with van der Waals surface area (Å²) in [4.78, 5) is 21.7. The van der Waals surface area contributed by atoms with Gasteiger partial charge in [-0.3, -0.25) is 14.9 Å². The Balaban J connectivity index is 3.13. The summed E-state index contributed by atoms with van der Waals surface area (Å²) in [5.41, 5.74) is -1.13. The summed E-state index contributed by atoms with van der Waals surface area (Å²) < 4.78 is 0. The number of ketones is 1. The highest BCUT2D eigenvalue weighted by Crippen LogP contribution is 2.40. The molecule has 0 aliphatic heterocycles. The molecule has 1 saturated carbocycles. The number of carbonyl (C=O) groups excluding carboxylic acids is 1. The van der Waals surface area contributed by atoms with Crippen molar-refractivity contribution in [3.63, 3.8) is 0 Å². The molecule has 1 aliphatic rings. The zero-order chi connectivity index (χ0) is 13.2. The van der Waals surface area contributed by atoms with E-state index in [0.717, 1.165) is 12.6 Å². The van der Waals surface area contributed by atoms with Gasteiger partial charge in [-0.2, -0.15) is 0 Å². The number of Topliss-reactive ketones (excluding diaryl/α,β-unsaturated/α-hetero) is 1. The molecular formula is C12H19NO4. The first-order chi connectivity index (χ1) is 7.80. The van der Waals surface area contributed by atoms with Crippen LogP contribution < -0.4 is 0 Å². The number of hydrogen-bond donors (Lipinski definition) is 1. The van der Waals surface area contributed by atoms with E-state index in [0.29, 0.717) is 12.8 Å². The van der Waals surface area contributed by atoms with E-state index in [-0.39, 0.29) is 17.3 Å². The number of nitrogens with zero attached hydrogens (tertiary/aromatic N) is 1. The molecule has 5 nitrogen and oxygen atoms in total. The van der Waals surface area contributed by atoms with Crippen molar-refractivity contribution in [2.45, 2.75) is 45.6 Å². The summed E-state index contributed by atoms with van der Waals surface area (Å²) in [5, 5.41) is 21.2. The van der Waals surface area contributed by atoms with Gasteiger partial charge in [0.15, 0.2) is 0 Å². The molecule has 0 aromatic rings. The monoisotopic (exact) mass is 241 g/mol.